The van der Waals surface area contributed by atoms with Crippen LogP contribution in [0, 0.1) is 0 Å². The lowest BCUT2D eigenvalue weighted by Crippen LogP contribution is -2.30. The van der Waals surface area contributed by atoms with Gasteiger partial charge in [0.15, 0.2) is 6.10 Å². The summed E-state index contributed by atoms with van der Waals surface area (Å²) < 4.78 is 39.8. The summed E-state index contributed by atoms with van der Waals surface area (Å²) in [6.45, 7) is 4.69. The molecule has 11 nitrogen and oxygen atoms in total. The predicted octanol–water partition coefficient (Wildman–Crippen LogP) is 22.0. The van der Waals surface area contributed by atoms with Crippen LogP contribution < -0.4 is 0 Å². The molecule has 3 atom stereocenters. The average Bonchev–Trinajstić information content (AvgIpc) is 3.55. The lowest BCUT2D eigenvalue weighted by Gasteiger charge is -2.21. The molecule has 12 heteroatoms. The molecule has 0 amide bonds. The first-order chi connectivity index (χ1) is 41.2. The summed E-state index contributed by atoms with van der Waals surface area (Å²) >= 11 is 0. The molecule has 0 aliphatic rings. The fourth-order valence-corrected chi connectivity index (χ4v) is 11.1. The number of ether oxygens (including phenoxy) is 3. The second-order valence-corrected chi connectivity index (χ2v) is 25.5. The highest BCUT2D eigenvalue weighted by molar-refractivity contribution is 7.47. The number of phosphoric acid groups is 1. The van der Waals surface area contributed by atoms with Crippen molar-refractivity contribution in [2.24, 2.45) is 0 Å². The zero-order valence-electron chi connectivity index (χ0n) is 54.9. The van der Waals surface area contributed by atoms with Crippen LogP contribution in [0.15, 0.2) is 48.6 Å². The first-order valence-electron chi connectivity index (χ1n) is 35.5. The van der Waals surface area contributed by atoms with E-state index in [0.29, 0.717) is 19.3 Å². The minimum atomic E-state index is -4.76. The number of aliphatic hydroxyl groups is 1. The van der Waals surface area contributed by atoms with E-state index >= 15 is 0 Å². The Kier molecular flexibility index (Phi) is 64.4. The zero-order chi connectivity index (χ0) is 61.2. The number of unbranched alkanes of at least 4 members (excludes halogenated alkanes) is 42. The number of carbonyl (C=O) groups excluding carboxylic acids is 3. The Morgan fingerprint density at radius 1 is 0.333 bits per heavy atom. The fraction of sp³-hybridized carbons (Fsp3) is 0.847. The van der Waals surface area contributed by atoms with Gasteiger partial charge in [-0.1, -0.05) is 301 Å². The monoisotopic (exact) mass is 1200 g/mol. The minimum Gasteiger partial charge on any atom is -0.462 e. The first-order valence-corrected chi connectivity index (χ1v) is 37.0. The quantitative estimate of drug-likeness (QED) is 0.0197. The number of phosphoric ester groups is 1. The number of allylic oxidation sites excluding steroid dienone is 8. The van der Waals surface area contributed by atoms with Crippen molar-refractivity contribution in [1.29, 1.82) is 0 Å². The predicted molar refractivity (Wildman–Crippen MR) is 353 cm³/mol. The van der Waals surface area contributed by atoms with Gasteiger partial charge in [0.1, 0.15) is 12.7 Å². The molecule has 492 valence electrons. The number of aliphatic hydroxyl groups excluding tert-OH is 1. The fourth-order valence-electron chi connectivity index (χ4n) is 10.3. The van der Waals surface area contributed by atoms with Gasteiger partial charge in [-0.2, -0.15) is 0 Å². The van der Waals surface area contributed by atoms with E-state index in [2.05, 4.69) is 69.4 Å². The Labute approximate surface area is 517 Å². The molecule has 0 aliphatic carbocycles. The van der Waals surface area contributed by atoms with Crippen LogP contribution in [-0.4, -0.2) is 66.5 Å². The van der Waals surface area contributed by atoms with Crippen molar-refractivity contribution >= 4 is 25.7 Å². The summed E-state index contributed by atoms with van der Waals surface area (Å²) in [6, 6.07) is 0. The standard InChI is InChI=1S/C72H133O11P/c1-4-7-10-13-16-19-22-25-28-31-34-37-40-43-46-49-52-55-58-61-70(74)79-65-69(83-72(76)63-60-57-54-51-48-45-42-39-36-33-30-27-24-21-18-15-12-9-6-3)67-81-84(77,78)80-66-68(64-73)82-71(75)62-59-56-53-50-47-44-41-38-35-32-29-26-23-20-17-14-11-8-5-2/h16,19,25,27-28,30,34,37,68-69,73H,4-15,17-18,20-24,26,29,31-33,35-36,38-67H2,1-3H3,(H,77,78)/b19-16-,28-25-,30-27-,37-34-. The van der Waals surface area contributed by atoms with Crippen LogP contribution in [0.5, 0.6) is 0 Å². The van der Waals surface area contributed by atoms with Gasteiger partial charge in [0.25, 0.3) is 0 Å². The highest BCUT2D eigenvalue weighted by Gasteiger charge is 2.28. The van der Waals surface area contributed by atoms with Gasteiger partial charge in [-0.05, 0) is 83.5 Å². The molecule has 0 saturated heterocycles. The Bertz CT molecular complexity index is 1600. The van der Waals surface area contributed by atoms with Crippen molar-refractivity contribution in [1.82, 2.24) is 0 Å². The summed E-state index contributed by atoms with van der Waals surface area (Å²) in [5.41, 5.74) is 0. The number of carbonyl (C=O) groups is 3. The topological polar surface area (TPSA) is 155 Å². The number of rotatable bonds is 67. The molecule has 84 heavy (non-hydrogen) atoms. The smallest absolute Gasteiger partial charge is 0.462 e. The van der Waals surface area contributed by atoms with E-state index in [0.717, 1.165) is 89.9 Å². The lowest BCUT2D eigenvalue weighted by molar-refractivity contribution is -0.161. The van der Waals surface area contributed by atoms with Crippen LogP contribution >= 0.6 is 7.82 Å². The molecule has 3 unspecified atom stereocenters. The highest BCUT2D eigenvalue weighted by Crippen LogP contribution is 2.43. The van der Waals surface area contributed by atoms with Crippen molar-refractivity contribution in [3.63, 3.8) is 0 Å². The van der Waals surface area contributed by atoms with Crippen LogP contribution in [0.2, 0.25) is 0 Å². The maximum absolute atomic E-state index is 13.0. The molecule has 0 saturated carbocycles. The third-order valence-electron chi connectivity index (χ3n) is 15.7. The molecule has 0 heterocycles. The van der Waals surface area contributed by atoms with Crippen LogP contribution in [0.4, 0.5) is 0 Å². The van der Waals surface area contributed by atoms with Gasteiger partial charge >= 0.3 is 25.7 Å². The summed E-state index contributed by atoms with van der Waals surface area (Å²) in [5.74, 6) is -1.45. The average molecular weight is 1210 g/mol. The minimum absolute atomic E-state index is 0.165. The Balaban J connectivity index is 4.65. The third kappa shape index (κ3) is 63.9. The zero-order valence-corrected chi connectivity index (χ0v) is 55.8. The Morgan fingerprint density at radius 3 is 0.929 bits per heavy atom. The molecule has 0 spiro atoms. The molecule has 0 rings (SSSR count). The van der Waals surface area contributed by atoms with E-state index in [-0.39, 0.29) is 25.9 Å². The van der Waals surface area contributed by atoms with Crippen molar-refractivity contribution < 1.29 is 52.2 Å². The third-order valence-corrected chi connectivity index (χ3v) is 16.7. The molecule has 0 aromatic rings. The Morgan fingerprint density at radius 2 is 0.583 bits per heavy atom. The molecule has 2 N–H and O–H groups in total. The van der Waals surface area contributed by atoms with Crippen LogP contribution in [0.3, 0.4) is 0 Å². The summed E-state index contributed by atoms with van der Waals surface area (Å²) in [5, 5.41) is 9.89. The van der Waals surface area contributed by atoms with E-state index in [4.69, 9.17) is 23.3 Å². The maximum Gasteiger partial charge on any atom is 0.472 e. The lowest BCUT2D eigenvalue weighted by atomic mass is 10.0. The molecule has 0 aromatic carbocycles. The van der Waals surface area contributed by atoms with Gasteiger partial charge in [-0.25, -0.2) is 4.57 Å². The maximum atomic E-state index is 13.0. The van der Waals surface area contributed by atoms with E-state index < -0.39 is 57.8 Å². The van der Waals surface area contributed by atoms with E-state index in [1.54, 1.807) is 0 Å². The molecular formula is C72H133O11P. The van der Waals surface area contributed by atoms with Gasteiger partial charge < -0.3 is 24.2 Å². The number of hydrogen-bond donors (Lipinski definition) is 2. The van der Waals surface area contributed by atoms with Gasteiger partial charge in [-0.15, -0.1) is 0 Å². The van der Waals surface area contributed by atoms with E-state index in [9.17, 15) is 28.9 Å². The van der Waals surface area contributed by atoms with Gasteiger partial charge in [-0.3, -0.25) is 23.4 Å². The van der Waals surface area contributed by atoms with E-state index in [1.807, 2.05) is 0 Å². The van der Waals surface area contributed by atoms with Crippen molar-refractivity contribution in [2.75, 3.05) is 26.4 Å². The van der Waals surface area contributed by atoms with Gasteiger partial charge in [0, 0.05) is 19.3 Å². The highest BCUT2D eigenvalue weighted by atomic mass is 31.2. The Hall–Kier alpha value is -2.56. The number of hydrogen-bond acceptors (Lipinski definition) is 10. The molecule has 0 fully saturated rings. The van der Waals surface area contributed by atoms with Crippen molar-refractivity contribution in [3.8, 4) is 0 Å². The molecule has 0 radical (unpaired) electrons. The summed E-state index contributed by atoms with van der Waals surface area (Å²) in [7, 11) is -4.76. The summed E-state index contributed by atoms with van der Waals surface area (Å²) in [6.07, 6.45) is 74.8. The second kappa shape index (κ2) is 66.4. The molecule has 0 aliphatic heterocycles. The van der Waals surface area contributed by atoms with Crippen LogP contribution in [0.1, 0.15) is 355 Å². The van der Waals surface area contributed by atoms with Crippen LogP contribution in [0.25, 0.3) is 0 Å². The van der Waals surface area contributed by atoms with Gasteiger partial charge in [0.2, 0.25) is 0 Å². The van der Waals surface area contributed by atoms with Crippen molar-refractivity contribution in [2.45, 2.75) is 367 Å². The largest absolute Gasteiger partial charge is 0.472 e. The SMILES string of the molecule is CCCCC/C=C\C/C=C\C/C=C\CCCCCCCCC(=O)OCC(COP(=O)(O)OCC(CO)OC(=O)CCCCCCCCCCCCCCCCCCCCC)OC(=O)CCCCCCCCCCC/C=C\CCCCCCCC. The number of esters is 3. The molecule has 0 bridgehead atoms. The molecular weight excluding hydrogens is 1070 g/mol. The van der Waals surface area contributed by atoms with Crippen molar-refractivity contribution in [3.05, 3.63) is 48.6 Å². The van der Waals surface area contributed by atoms with Crippen LogP contribution in [-0.2, 0) is 42.2 Å². The van der Waals surface area contributed by atoms with E-state index in [1.165, 1.54) is 205 Å². The second-order valence-electron chi connectivity index (χ2n) is 24.1. The van der Waals surface area contributed by atoms with Gasteiger partial charge in [0.05, 0.1) is 19.8 Å². The summed E-state index contributed by atoms with van der Waals surface area (Å²) in [4.78, 5) is 48.9. The first kappa shape index (κ1) is 81.4. The molecule has 0 aromatic heterocycles. The normalized spacial score (nSPS) is 13.4.